The standard InChI is InChI=1S/C12H22N2O4.C7H13NO3.C7H14O2.C6H12O2.C5H10O2.C4H8O2.C3H9N.C3H8S/c1-4-11(16)13-8-6-7-10(9(3)15)14-12(17)18-5-2;1-3-8-7(10)5-11-4-6(2)9;1-3-9-6-4-5-7(2)8;1-3-8-5-4-6(2)7;1-3-7-4-5(2)6;1-3-6-4(2)5;2*1-3-4-2/h10H,4-8H2,1-3H3,(H,13,16)(H,14,17);3-5H2,1-2H3,(H,8,10);3-6H2,1-2H3;3-5H2,1-2H3;3-4H2,1-2H3;3H2,1-2H3;4H,3H2,1-2H3;3H2,1-2H3. The van der Waals surface area contributed by atoms with Gasteiger partial charge in [-0.2, -0.15) is 11.8 Å². The fourth-order valence-corrected chi connectivity index (χ4v) is 3.26. The Labute approximate surface area is 409 Å². The summed E-state index contributed by atoms with van der Waals surface area (Å²) in [6, 6.07) is -0.553. The molecular weight excluding hydrogens is 893 g/mol. The molecule has 0 spiro atoms. The van der Waals surface area contributed by atoms with Crippen molar-refractivity contribution in [1.29, 1.82) is 0 Å². The van der Waals surface area contributed by atoms with E-state index in [1.54, 1.807) is 34.6 Å². The highest BCUT2D eigenvalue weighted by atomic mass is 32.2. The van der Waals surface area contributed by atoms with E-state index in [-0.39, 0.29) is 73.1 Å². The molecule has 0 aromatic carbocycles. The molecule has 4 N–H and O–H groups in total. The molecule has 0 rings (SSSR count). The topological polar surface area (TPSA) is 257 Å². The normalized spacial score (nSPS) is 9.51. The fraction of sp³-hybridized carbons (Fsp3) is 0.809. The molecule has 1 unspecified atom stereocenters. The van der Waals surface area contributed by atoms with Crippen molar-refractivity contribution < 1.29 is 71.6 Å². The second kappa shape index (κ2) is 71.2. The van der Waals surface area contributed by atoms with Gasteiger partial charge in [0.25, 0.3) is 0 Å². The van der Waals surface area contributed by atoms with Gasteiger partial charge < -0.3 is 54.5 Å². The number of alkyl carbamates (subject to hydrolysis) is 1. The number of hydrogen-bond donors (Lipinski definition) is 4. The summed E-state index contributed by atoms with van der Waals surface area (Å²) in [7, 11) is 1.93. The van der Waals surface area contributed by atoms with Crippen LogP contribution in [0.2, 0.25) is 0 Å². The molecule has 0 saturated carbocycles. The molecule has 0 aliphatic rings. The van der Waals surface area contributed by atoms with Crippen molar-refractivity contribution in [3.05, 3.63) is 0 Å². The average Bonchev–Trinajstić information content (AvgIpc) is 3.26. The highest BCUT2D eigenvalue weighted by molar-refractivity contribution is 7.98. The van der Waals surface area contributed by atoms with Gasteiger partial charge in [-0.1, -0.05) is 20.8 Å². The lowest BCUT2D eigenvalue weighted by molar-refractivity contribution is -0.140. The first-order chi connectivity index (χ1) is 31.6. The summed E-state index contributed by atoms with van der Waals surface area (Å²) >= 11 is 1.86. The Bertz CT molecular complexity index is 1170. The van der Waals surface area contributed by atoms with Crippen LogP contribution in [0.5, 0.6) is 0 Å². The molecule has 0 heterocycles. The van der Waals surface area contributed by atoms with E-state index in [9.17, 15) is 43.2 Å². The number of hydrogen-bond acceptors (Lipinski definition) is 17. The van der Waals surface area contributed by atoms with Gasteiger partial charge in [0, 0.05) is 65.7 Å². The second-order valence-electron chi connectivity index (χ2n) is 13.2. The van der Waals surface area contributed by atoms with Crippen LogP contribution < -0.4 is 21.3 Å². The van der Waals surface area contributed by atoms with Gasteiger partial charge in [0.05, 0.1) is 25.9 Å². The van der Waals surface area contributed by atoms with Gasteiger partial charge in [0.15, 0.2) is 17.3 Å². The predicted molar refractivity (Wildman–Crippen MR) is 269 cm³/mol. The first kappa shape index (κ1) is 80.2. The minimum absolute atomic E-state index is 0.0110. The Kier molecular flexibility index (Phi) is 85.2. The molecule has 19 nitrogen and oxygen atoms in total. The summed E-state index contributed by atoms with van der Waals surface area (Å²) in [5.41, 5.74) is 0. The van der Waals surface area contributed by atoms with E-state index in [1.807, 2.05) is 46.5 Å². The molecule has 0 radical (unpaired) electrons. The van der Waals surface area contributed by atoms with E-state index in [1.165, 1.54) is 33.4 Å². The van der Waals surface area contributed by atoms with E-state index >= 15 is 0 Å². The monoisotopic (exact) mass is 989 g/mol. The molecule has 0 bridgehead atoms. The Morgan fingerprint density at radius 2 is 1.00 bits per heavy atom. The average molecular weight is 989 g/mol. The van der Waals surface area contributed by atoms with Gasteiger partial charge >= 0.3 is 12.1 Å². The van der Waals surface area contributed by atoms with Crippen molar-refractivity contribution in [2.24, 2.45) is 0 Å². The van der Waals surface area contributed by atoms with E-state index in [2.05, 4.69) is 46.1 Å². The van der Waals surface area contributed by atoms with Gasteiger partial charge in [0.1, 0.15) is 31.4 Å². The number of carbonyl (C=O) groups is 9. The minimum atomic E-state index is -0.588. The molecule has 0 aromatic heterocycles. The first-order valence-corrected chi connectivity index (χ1v) is 24.5. The molecule has 0 aliphatic carbocycles. The Morgan fingerprint density at radius 3 is 1.33 bits per heavy atom. The lowest BCUT2D eigenvalue weighted by Gasteiger charge is -2.15. The van der Waals surface area contributed by atoms with Crippen LogP contribution >= 0.6 is 11.8 Å². The second-order valence-corrected chi connectivity index (χ2v) is 14.4. The number of nitrogens with one attached hydrogen (secondary N) is 4. The first-order valence-electron chi connectivity index (χ1n) is 23.1. The SMILES string of the molecule is CCNC.CCNC(=O)COCC(C)=O.CCOC(=O)NC(CCCNC(=O)CC)C(C)=O.CCOC(C)=O.CCOCC(C)=O.CCOCCC(C)=O.CCOCCCC(C)=O.CCSC. The number of likely N-dealkylation sites (N-methyl/N-ethyl adjacent to an activating group) is 1. The number of amides is 3. The van der Waals surface area contributed by atoms with Gasteiger partial charge in [0.2, 0.25) is 11.8 Å². The van der Waals surface area contributed by atoms with E-state index < -0.39 is 12.1 Å². The molecule has 400 valence electrons. The zero-order valence-electron chi connectivity index (χ0n) is 44.8. The van der Waals surface area contributed by atoms with Crippen molar-refractivity contribution >= 4 is 64.6 Å². The highest BCUT2D eigenvalue weighted by Crippen LogP contribution is 1.99. The lowest BCUT2D eigenvalue weighted by atomic mass is 10.1. The zero-order valence-corrected chi connectivity index (χ0v) is 45.6. The molecular formula is C47H96N4O15S. The number of thioether (sulfide) groups is 1. The van der Waals surface area contributed by atoms with Crippen molar-refractivity contribution in [2.75, 3.05) is 105 Å². The Hall–Kier alpha value is -3.82. The number of ether oxygens (including phenoxy) is 6. The largest absolute Gasteiger partial charge is 0.466 e. The number of ketones is 5. The lowest BCUT2D eigenvalue weighted by Crippen LogP contribution is -2.40. The molecule has 67 heavy (non-hydrogen) atoms. The van der Waals surface area contributed by atoms with Crippen molar-refractivity contribution in [2.45, 2.75) is 148 Å². The summed E-state index contributed by atoms with van der Waals surface area (Å²) in [6.45, 7) is 32.4. The van der Waals surface area contributed by atoms with Gasteiger partial charge in [-0.3, -0.25) is 33.6 Å². The van der Waals surface area contributed by atoms with Gasteiger partial charge in [-0.05, 0) is 121 Å². The molecule has 0 aliphatic heterocycles. The third-order valence-corrected chi connectivity index (χ3v) is 7.18. The van der Waals surface area contributed by atoms with Crippen LogP contribution in [0.3, 0.4) is 0 Å². The van der Waals surface area contributed by atoms with Crippen LogP contribution in [0.1, 0.15) is 142 Å². The summed E-state index contributed by atoms with van der Waals surface area (Å²) < 4.78 is 28.6. The fourth-order valence-electron chi connectivity index (χ4n) is 3.26. The zero-order chi connectivity index (χ0) is 53.7. The minimum Gasteiger partial charge on any atom is -0.466 e. The van der Waals surface area contributed by atoms with E-state index in [0.29, 0.717) is 71.6 Å². The summed E-state index contributed by atoms with van der Waals surface area (Å²) in [5, 5.41) is 10.7. The Morgan fingerprint density at radius 1 is 0.522 bits per heavy atom. The molecule has 0 aromatic rings. The van der Waals surface area contributed by atoms with Crippen molar-refractivity contribution in [3.8, 4) is 0 Å². The van der Waals surface area contributed by atoms with Crippen molar-refractivity contribution in [3.63, 3.8) is 0 Å². The third kappa shape index (κ3) is 110. The van der Waals surface area contributed by atoms with Crippen LogP contribution in [0.25, 0.3) is 0 Å². The molecule has 20 heteroatoms. The number of carbonyl (C=O) groups excluding carboxylic acids is 9. The van der Waals surface area contributed by atoms with Crippen molar-refractivity contribution in [1.82, 2.24) is 21.3 Å². The van der Waals surface area contributed by atoms with Crippen LogP contribution in [-0.4, -0.2) is 164 Å². The third-order valence-electron chi connectivity index (χ3n) is 6.61. The Balaban J connectivity index is -0.000000104. The predicted octanol–water partition coefficient (Wildman–Crippen LogP) is 5.90. The van der Waals surface area contributed by atoms with Gasteiger partial charge in [-0.25, -0.2) is 4.79 Å². The quantitative estimate of drug-likeness (QED) is 0.0526. The van der Waals surface area contributed by atoms with E-state index in [0.717, 1.165) is 26.2 Å². The molecule has 3 amide bonds. The number of rotatable bonds is 28. The summed E-state index contributed by atoms with van der Waals surface area (Å²) in [6.07, 6.45) is 5.13. The van der Waals surface area contributed by atoms with Crippen LogP contribution in [0, 0.1) is 0 Å². The summed E-state index contributed by atoms with van der Waals surface area (Å²) in [4.78, 5) is 95.0. The molecule has 1 atom stereocenters. The maximum absolute atomic E-state index is 11.3. The smallest absolute Gasteiger partial charge is 0.407 e. The molecule has 0 fully saturated rings. The number of Topliss-reactive ketones (excluding diaryl/α,β-unsaturated/α-hetero) is 5. The van der Waals surface area contributed by atoms with Gasteiger partial charge in [-0.15, -0.1) is 0 Å². The van der Waals surface area contributed by atoms with E-state index in [4.69, 9.17) is 23.7 Å². The highest BCUT2D eigenvalue weighted by Gasteiger charge is 2.17. The number of esters is 1. The molecule has 0 saturated heterocycles. The summed E-state index contributed by atoms with van der Waals surface area (Å²) in [5.74, 6) is 1.15. The van der Waals surface area contributed by atoms with Crippen LogP contribution in [-0.2, 0) is 66.8 Å². The van der Waals surface area contributed by atoms with Crippen LogP contribution in [0.4, 0.5) is 4.79 Å². The van der Waals surface area contributed by atoms with Crippen LogP contribution in [0.15, 0.2) is 0 Å². The maximum Gasteiger partial charge on any atom is 0.407 e. The maximum atomic E-state index is 11.3.